The number of nitrogens with one attached hydrogen (secondary N) is 2. The Balaban J connectivity index is 2.00. The van der Waals surface area contributed by atoms with Crippen molar-refractivity contribution < 1.29 is 0 Å². The van der Waals surface area contributed by atoms with Gasteiger partial charge < -0.3 is 5.32 Å². The van der Waals surface area contributed by atoms with E-state index >= 15 is 0 Å². The topological polar surface area (TPSA) is 70.1 Å². The van der Waals surface area contributed by atoms with E-state index in [1.54, 1.807) is 4.57 Å². The zero-order chi connectivity index (χ0) is 16.4. The first-order valence-corrected chi connectivity index (χ1v) is 7.98. The van der Waals surface area contributed by atoms with Crippen molar-refractivity contribution >= 4 is 5.82 Å². The molecular formula is C17H22N4O2. The van der Waals surface area contributed by atoms with Crippen molar-refractivity contribution in [1.29, 1.82) is 0 Å². The molecule has 0 saturated heterocycles. The number of fused-ring (bicyclic) bond motifs is 1. The number of benzene rings is 1. The number of hydrogen-bond acceptors (Lipinski definition) is 4. The number of H-pyrrole nitrogens is 1. The molecule has 0 saturated carbocycles. The minimum atomic E-state index is -0.373. The van der Waals surface area contributed by atoms with E-state index < -0.39 is 0 Å². The van der Waals surface area contributed by atoms with Crippen LogP contribution in [0, 0.1) is 0 Å². The molecular weight excluding hydrogens is 292 g/mol. The van der Waals surface area contributed by atoms with Crippen LogP contribution in [0.2, 0.25) is 0 Å². The van der Waals surface area contributed by atoms with Gasteiger partial charge in [0.1, 0.15) is 5.82 Å². The fraction of sp³-hybridized carbons (Fsp3) is 0.412. The molecule has 0 bridgehead atoms. The highest BCUT2D eigenvalue weighted by Gasteiger charge is 2.24. The molecule has 0 aliphatic carbocycles. The highest BCUT2D eigenvalue weighted by molar-refractivity contribution is 5.46. The maximum atomic E-state index is 12.2. The average molecular weight is 314 g/mol. The standard InChI is InChI=1S/C17H22N4O2/c1-3-12(2)20-10-14-15(18-11-20)21(17(23)19-16(14)22)9-13-7-5-4-6-8-13/h4-8,12,18H,3,9-11H2,1-2H3,(H,19,22,23)/t12-/m1/s1. The highest BCUT2D eigenvalue weighted by atomic mass is 16.2. The second-order valence-electron chi connectivity index (χ2n) is 6.00. The molecule has 23 heavy (non-hydrogen) atoms. The van der Waals surface area contributed by atoms with Gasteiger partial charge in [-0.25, -0.2) is 4.79 Å². The van der Waals surface area contributed by atoms with Crippen molar-refractivity contribution in [3.05, 3.63) is 62.3 Å². The van der Waals surface area contributed by atoms with E-state index in [0.717, 1.165) is 12.0 Å². The van der Waals surface area contributed by atoms with Crippen molar-refractivity contribution in [3.63, 3.8) is 0 Å². The normalized spacial score (nSPS) is 15.7. The van der Waals surface area contributed by atoms with Crippen LogP contribution in [-0.2, 0) is 13.1 Å². The Morgan fingerprint density at radius 1 is 1.22 bits per heavy atom. The third-order valence-corrected chi connectivity index (χ3v) is 4.50. The lowest BCUT2D eigenvalue weighted by Gasteiger charge is -2.34. The Morgan fingerprint density at radius 2 is 1.96 bits per heavy atom. The molecule has 0 unspecified atom stereocenters. The highest BCUT2D eigenvalue weighted by Crippen LogP contribution is 2.20. The third-order valence-electron chi connectivity index (χ3n) is 4.50. The molecule has 2 heterocycles. The van der Waals surface area contributed by atoms with Crippen LogP contribution in [-0.4, -0.2) is 27.2 Å². The van der Waals surface area contributed by atoms with Crippen LogP contribution in [0.5, 0.6) is 0 Å². The molecule has 6 nitrogen and oxygen atoms in total. The molecule has 0 fully saturated rings. The van der Waals surface area contributed by atoms with Crippen LogP contribution in [0.25, 0.3) is 0 Å². The summed E-state index contributed by atoms with van der Waals surface area (Å²) < 4.78 is 1.61. The minimum absolute atomic E-state index is 0.296. The van der Waals surface area contributed by atoms with Crippen molar-refractivity contribution in [2.75, 3.05) is 12.0 Å². The van der Waals surface area contributed by atoms with E-state index in [9.17, 15) is 9.59 Å². The average Bonchev–Trinajstić information content (AvgIpc) is 2.58. The zero-order valence-corrected chi connectivity index (χ0v) is 13.5. The van der Waals surface area contributed by atoms with Crippen LogP contribution in [0.4, 0.5) is 5.82 Å². The van der Waals surface area contributed by atoms with E-state index in [1.165, 1.54) is 0 Å². The lowest BCUT2D eigenvalue weighted by molar-refractivity contribution is 0.200. The van der Waals surface area contributed by atoms with Gasteiger partial charge >= 0.3 is 5.69 Å². The third kappa shape index (κ3) is 3.07. The minimum Gasteiger partial charge on any atom is -0.358 e. The molecule has 1 aromatic carbocycles. The maximum Gasteiger partial charge on any atom is 0.330 e. The maximum absolute atomic E-state index is 12.2. The van der Waals surface area contributed by atoms with E-state index in [0.29, 0.717) is 37.2 Å². The second-order valence-corrected chi connectivity index (χ2v) is 6.00. The van der Waals surface area contributed by atoms with Crippen LogP contribution in [0.1, 0.15) is 31.4 Å². The predicted molar refractivity (Wildman–Crippen MR) is 90.7 cm³/mol. The summed E-state index contributed by atoms with van der Waals surface area (Å²) >= 11 is 0. The first-order valence-electron chi connectivity index (χ1n) is 7.98. The van der Waals surface area contributed by atoms with Crippen LogP contribution >= 0.6 is 0 Å². The molecule has 0 radical (unpaired) electrons. The number of nitrogens with zero attached hydrogens (tertiary/aromatic N) is 2. The summed E-state index contributed by atoms with van der Waals surface area (Å²) in [6.07, 6.45) is 1.01. The number of aromatic amines is 1. The van der Waals surface area contributed by atoms with Gasteiger partial charge in [0.05, 0.1) is 18.8 Å². The molecule has 0 amide bonds. The summed E-state index contributed by atoms with van der Waals surface area (Å²) in [5.41, 5.74) is 0.985. The van der Waals surface area contributed by atoms with Gasteiger partial charge in [0, 0.05) is 12.6 Å². The van der Waals surface area contributed by atoms with Gasteiger partial charge in [-0.15, -0.1) is 0 Å². The number of aromatic nitrogens is 2. The molecule has 2 aromatic rings. The summed E-state index contributed by atoms with van der Waals surface area (Å²) in [5, 5.41) is 3.27. The van der Waals surface area contributed by atoms with Crippen molar-refractivity contribution in [3.8, 4) is 0 Å². The molecule has 1 aliphatic rings. The van der Waals surface area contributed by atoms with Crippen LogP contribution in [0.15, 0.2) is 39.9 Å². The van der Waals surface area contributed by atoms with Gasteiger partial charge in [-0.3, -0.25) is 19.2 Å². The summed E-state index contributed by atoms with van der Waals surface area (Å²) in [6, 6.07) is 10.1. The Labute approximate surface area is 134 Å². The SMILES string of the molecule is CC[C@@H](C)N1CNc2c(c(=O)[nH]c(=O)n2Cc2ccccc2)C1. The number of hydrogen-bond donors (Lipinski definition) is 2. The number of anilines is 1. The van der Waals surface area contributed by atoms with Gasteiger partial charge in [0.15, 0.2) is 0 Å². The van der Waals surface area contributed by atoms with Gasteiger partial charge in [-0.05, 0) is 18.9 Å². The molecule has 2 N–H and O–H groups in total. The Kier molecular flexibility index (Phi) is 4.34. The van der Waals surface area contributed by atoms with Gasteiger partial charge in [0.2, 0.25) is 0 Å². The molecule has 6 heteroatoms. The zero-order valence-electron chi connectivity index (χ0n) is 13.5. The Bertz CT molecular complexity index is 794. The fourth-order valence-corrected chi connectivity index (χ4v) is 2.88. The van der Waals surface area contributed by atoms with Gasteiger partial charge in [-0.1, -0.05) is 37.3 Å². The molecule has 1 atom stereocenters. The van der Waals surface area contributed by atoms with Gasteiger partial charge in [-0.2, -0.15) is 0 Å². The smallest absolute Gasteiger partial charge is 0.330 e. The van der Waals surface area contributed by atoms with Gasteiger partial charge in [0.25, 0.3) is 5.56 Å². The summed E-state index contributed by atoms with van der Waals surface area (Å²) in [5.74, 6) is 0.641. The molecule has 1 aromatic heterocycles. The van der Waals surface area contributed by atoms with Crippen LogP contribution < -0.4 is 16.6 Å². The van der Waals surface area contributed by atoms with Crippen molar-refractivity contribution in [2.45, 2.75) is 39.4 Å². The number of rotatable bonds is 4. The molecule has 0 spiro atoms. The monoisotopic (exact) mass is 314 g/mol. The molecule has 1 aliphatic heterocycles. The summed E-state index contributed by atoms with van der Waals surface area (Å²) in [7, 11) is 0. The molecule has 3 rings (SSSR count). The van der Waals surface area contributed by atoms with Crippen molar-refractivity contribution in [2.24, 2.45) is 0 Å². The predicted octanol–water partition coefficient (Wildman–Crippen LogP) is 1.57. The summed E-state index contributed by atoms with van der Waals surface area (Å²) in [4.78, 5) is 29.1. The second kappa shape index (κ2) is 6.42. The Morgan fingerprint density at radius 3 is 2.65 bits per heavy atom. The largest absolute Gasteiger partial charge is 0.358 e. The first-order chi connectivity index (χ1) is 11.1. The van der Waals surface area contributed by atoms with Crippen LogP contribution in [0.3, 0.4) is 0 Å². The van der Waals surface area contributed by atoms with E-state index in [1.807, 2.05) is 30.3 Å². The van der Waals surface area contributed by atoms with Crippen molar-refractivity contribution in [1.82, 2.24) is 14.5 Å². The van der Waals surface area contributed by atoms with E-state index in [-0.39, 0.29) is 11.2 Å². The summed E-state index contributed by atoms with van der Waals surface area (Å²) in [6.45, 7) is 5.90. The molecule has 122 valence electrons. The lowest BCUT2D eigenvalue weighted by atomic mass is 10.1. The Hall–Kier alpha value is -2.34. The fourth-order valence-electron chi connectivity index (χ4n) is 2.88. The lowest BCUT2D eigenvalue weighted by Crippen LogP contribution is -2.46. The quantitative estimate of drug-likeness (QED) is 0.899. The first kappa shape index (κ1) is 15.6. The van der Waals surface area contributed by atoms with E-state index in [4.69, 9.17) is 0 Å². The van der Waals surface area contributed by atoms with E-state index in [2.05, 4.69) is 29.0 Å².